The number of halogens is 1. The molecule has 0 saturated carbocycles. The number of carbonyl (C=O) groups is 1. The Morgan fingerprint density at radius 3 is 2.50 bits per heavy atom. The minimum Gasteiger partial charge on any atom is -0.495 e. The van der Waals surface area contributed by atoms with Gasteiger partial charge in [-0.05, 0) is 47.9 Å². The molecule has 0 aliphatic rings. The molecule has 1 aromatic heterocycles. The van der Waals surface area contributed by atoms with Gasteiger partial charge < -0.3 is 14.6 Å². The van der Waals surface area contributed by atoms with E-state index in [1.54, 1.807) is 30.0 Å². The van der Waals surface area contributed by atoms with Gasteiger partial charge in [0.05, 0.1) is 18.7 Å². The summed E-state index contributed by atoms with van der Waals surface area (Å²) in [6.07, 6.45) is 2.69. The highest BCUT2D eigenvalue weighted by atomic mass is 35.5. The number of hydrogen-bond donors (Lipinski definition) is 1. The number of nitrogens with one attached hydrogen (secondary N) is 1. The fraction of sp³-hybridized carbons (Fsp3) is 0.182. The van der Waals surface area contributed by atoms with E-state index in [2.05, 4.69) is 5.32 Å². The summed E-state index contributed by atoms with van der Waals surface area (Å²) in [5, 5.41) is 3.42. The summed E-state index contributed by atoms with van der Waals surface area (Å²) in [6, 6.07) is 18.1. The van der Waals surface area contributed by atoms with Crippen LogP contribution in [0.2, 0.25) is 5.02 Å². The number of benzene rings is 2. The van der Waals surface area contributed by atoms with E-state index < -0.39 is 0 Å². The molecular formula is C22H21ClN2O3. The Kier molecular flexibility index (Phi) is 6.50. The normalized spacial score (nSPS) is 10.5. The zero-order chi connectivity index (χ0) is 19.9. The molecule has 144 valence electrons. The van der Waals surface area contributed by atoms with Crippen LogP contribution in [0.5, 0.6) is 5.75 Å². The van der Waals surface area contributed by atoms with Gasteiger partial charge in [-0.2, -0.15) is 0 Å². The van der Waals surface area contributed by atoms with Crippen LogP contribution in [0.25, 0.3) is 0 Å². The number of aryl methyl sites for hydroxylation is 1. The Labute approximate surface area is 168 Å². The maximum Gasteiger partial charge on any atom is 0.250 e. The summed E-state index contributed by atoms with van der Waals surface area (Å²) in [5.74, 6) is 0.548. The number of carbonyl (C=O) groups excluding carboxylic acids is 1. The van der Waals surface area contributed by atoms with E-state index in [4.69, 9.17) is 16.3 Å². The minimum atomic E-state index is -0.0704. The van der Waals surface area contributed by atoms with Crippen molar-refractivity contribution in [3.8, 4) is 5.75 Å². The molecule has 0 aliphatic carbocycles. The molecule has 0 aliphatic heterocycles. The largest absolute Gasteiger partial charge is 0.495 e. The van der Waals surface area contributed by atoms with Crippen molar-refractivity contribution in [2.24, 2.45) is 0 Å². The Bertz CT molecular complexity index is 1010. The van der Waals surface area contributed by atoms with Gasteiger partial charge in [0, 0.05) is 24.4 Å². The molecule has 0 atom stereocenters. The molecule has 1 N–H and O–H groups in total. The van der Waals surface area contributed by atoms with Gasteiger partial charge in [0.15, 0.2) is 0 Å². The topological polar surface area (TPSA) is 60.3 Å². The number of methoxy groups -OCH3 is 1. The van der Waals surface area contributed by atoms with E-state index in [1.807, 2.05) is 42.5 Å². The zero-order valence-electron chi connectivity index (χ0n) is 15.5. The first-order valence-electron chi connectivity index (χ1n) is 8.92. The number of amides is 1. The standard InChI is InChI=1S/C22H21ClN2O3/c1-28-20-11-7-16(14-19(20)23)8-12-21(26)24-18-9-5-17(6-10-18)15-25-13-3-2-4-22(25)27/h2-7,9-11,13-14H,8,12,15H2,1H3,(H,24,26). The van der Waals surface area contributed by atoms with Crippen LogP contribution in [-0.2, 0) is 17.8 Å². The van der Waals surface area contributed by atoms with Gasteiger partial charge in [-0.15, -0.1) is 0 Å². The van der Waals surface area contributed by atoms with Crippen LogP contribution in [0.3, 0.4) is 0 Å². The van der Waals surface area contributed by atoms with Gasteiger partial charge in [0.25, 0.3) is 5.56 Å². The summed E-state index contributed by atoms with van der Waals surface area (Å²) in [4.78, 5) is 24.0. The molecule has 0 unspecified atom stereocenters. The van der Waals surface area contributed by atoms with Crippen molar-refractivity contribution >= 4 is 23.2 Å². The minimum absolute atomic E-state index is 0.0430. The van der Waals surface area contributed by atoms with Crippen LogP contribution in [0.15, 0.2) is 71.7 Å². The van der Waals surface area contributed by atoms with Crippen LogP contribution in [0.1, 0.15) is 17.5 Å². The SMILES string of the molecule is COc1ccc(CCC(=O)Nc2ccc(Cn3ccccc3=O)cc2)cc1Cl. The fourth-order valence-corrected chi connectivity index (χ4v) is 3.11. The van der Waals surface area contributed by atoms with Crippen molar-refractivity contribution in [1.29, 1.82) is 0 Å². The maximum atomic E-state index is 12.2. The molecule has 1 amide bonds. The Morgan fingerprint density at radius 1 is 1.07 bits per heavy atom. The summed E-state index contributed by atoms with van der Waals surface area (Å²) < 4.78 is 6.76. The average molecular weight is 397 g/mol. The van der Waals surface area contributed by atoms with Gasteiger partial charge in [-0.3, -0.25) is 9.59 Å². The smallest absolute Gasteiger partial charge is 0.250 e. The maximum absolute atomic E-state index is 12.2. The fourth-order valence-electron chi connectivity index (χ4n) is 2.83. The third-order valence-electron chi connectivity index (χ3n) is 4.35. The van der Waals surface area contributed by atoms with E-state index in [9.17, 15) is 9.59 Å². The van der Waals surface area contributed by atoms with Crippen molar-refractivity contribution < 1.29 is 9.53 Å². The van der Waals surface area contributed by atoms with Crippen LogP contribution >= 0.6 is 11.6 Å². The lowest BCUT2D eigenvalue weighted by Crippen LogP contribution is -2.18. The first kappa shape index (κ1) is 19.7. The second-order valence-corrected chi connectivity index (χ2v) is 6.79. The van der Waals surface area contributed by atoms with Crippen molar-refractivity contribution in [3.05, 3.63) is 93.4 Å². The molecule has 0 saturated heterocycles. The summed E-state index contributed by atoms with van der Waals surface area (Å²) in [5.41, 5.74) is 2.64. The first-order chi connectivity index (χ1) is 13.5. The third-order valence-corrected chi connectivity index (χ3v) is 4.64. The second-order valence-electron chi connectivity index (χ2n) is 6.38. The number of nitrogens with zero attached hydrogens (tertiary/aromatic N) is 1. The molecule has 0 radical (unpaired) electrons. The lowest BCUT2D eigenvalue weighted by atomic mass is 10.1. The van der Waals surface area contributed by atoms with Gasteiger partial charge in [0.1, 0.15) is 5.75 Å². The van der Waals surface area contributed by atoms with E-state index in [0.717, 1.165) is 16.8 Å². The highest BCUT2D eigenvalue weighted by Crippen LogP contribution is 2.25. The zero-order valence-corrected chi connectivity index (χ0v) is 16.3. The molecule has 28 heavy (non-hydrogen) atoms. The number of pyridine rings is 1. The van der Waals surface area contributed by atoms with Gasteiger partial charge in [-0.1, -0.05) is 35.9 Å². The van der Waals surface area contributed by atoms with Crippen molar-refractivity contribution in [2.45, 2.75) is 19.4 Å². The number of ether oxygens (including phenoxy) is 1. The molecule has 0 spiro atoms. The van der Waals surface area contributed by atoms with Crippen LogP contribution in [-0.4, -0.2) is 17.6 Å². The highest BCUT2D eigenvalue weighted by molar-refractivity contribution is 6.32. The Morgan fingerprint density at radius 2 is 1.82 bits per heavy atom. The van der Waals surface area contributed by atoms with E-state index in [0.29, 0.717) is 30.2 Å². The van der Waals surface area contributed by atoms with Crippen LogP contribution < -0.4 is 15.6 Å². The van der Waals surface area contributed by atoms with Gasteiger partial charge >= 0.3 is 0 Å². The molecule has 1 heterocycles. The van der Waals surface area contributed by atoms with E-state index in [-0.39, 0.29) is 11.5 Å². The Hall–Kier alpha value is -3.05. The highest BCUT2D eigenvalue weighted by Gasteiger charge is 2.06. The first-order valence-corrected chi connectivity index (χ1v) is 9.29. The molecular weight excluding hydrogens is 376 g/mol. The molecule has 0 fully saturated rings. The molecule has 3 aromatic rings. The van der Waals surface area contributed by atoms with Crippen LogP contribution in [0, 0.1) is 0 Å². The Balaban J connectivity index is 1.53. The van der Waals surface area contributed by atoms with Crippen molar-refractivity contribution in [1.82, 2.24) is 4.57 Å². The second kappa shape index (κ2) is 9.24. The predicted molar refractivity (Wildman–Crippen MR) is 111 cm³/mol. The number of anilines is 1. The number of hydrogen-bond acceptors (Lipinski definition) is 3. The third kappa shape index (κ3) is 5.24. The lowest BCUT2D eigenvalue weighted by molar-refractivity contribution is -0.116. The molecule has 6 heteroatoms. The average Bonchev–Trinajstić information content (AvgIpc) is 2.70. The predicted octanol–water partition coefficient (Wildman–Crippen LogP) is 4.13. The molecule has 0 bridgehead atoms. The molecule has 3 rings (SSSR count). The van der Waals surface area contributed by atoms with E-state index in [1.165, 1.54) is 6.07 Å². The van der Waals surface area contributed by atoms with E-state index >= 15 is 0 Å². The number of aromatic nitrogens is 1. The van der Waals surface area contributed by atoms with Crippen molar-refractivity contribution in [2.75, 3.05) is 12.4 Å². The van der Waals surface area contributed by atoms with Crippen molar-refractivity contribution in [3.63, 3.8) is 0 Å². The summed E-state index contributed by atoms with van der Waals surface area (Å²) in [6.45, 7) is 0.492. The quantitative estimate of drug-likeness (QED) is 0.653. The van der Waals surface area contributed by atoms with Gasteiger partial charge in [-0.25, -0.2) is 0 Å². The molecule has 2 aromatic carbocycles. The number of rotatable bonds is 7. The summed E-state index contributed by atoms with van der Waals surface area (Å²) >= 11 is 6.11. The summed E-state index contributed by atoms with van der Waals surface area (Å²) in [7, 11) is 1.57. The van der Waals surface area contributed by atoms with Crippen LogP contribution in [0.4, 0.5) is 5.69 Å². The monoisotopic (exact) mass is 396 g/mol. The molecule has 5 nitrogen and oxygen atoms in total. The van der Waals surface area contributed by atoms with Gasteiger partial charge in [0.2, 0.25) is 5.91 Å². The lowest BCUT2D eigenvalue weighted by Gasteiger charge is -2.09.